The lowest BCUT2D eigenvalue weighted by Crippen LogP contribution is -2.30. The highest BCUT2D eigenvalue weighted by Gasteiger charge is 2.13. The Morgan fingerprint density at radius 3 is 2.56 bits per heavy atom. The fraction of sp³-hybridized carbons (Fsp3) is 1.00. The van der Waals surface area contributed by atoms with Gasteiger partial charge >= 0.3 is 0 Å². The van der Waals surface area contributed by atoms with Crippen LogP contribution in [0.15, 0.2) is 0 Å². The first-order valence-electron chi connectivity index (χ1n) is 6.12. The van der Waals surface area contributed by atoms with E-state index in [4.69, 9.17) is 21.1 Å². The average molecular weight is 302 g/mol. The Labute approximate surface area is 115 Å². The molecular weight excluding hydrogens is 278 g/mol. The van der Waals surface area contributed by atoms with Crippen molar-refractivity contribution in [1.82, 2.24) is 4.72 Å². The standard InChI is InChI=1S/C11H24ClNO4S/c1-11(9-12)10-18(14,15)13-5-3-4-6-17-8-7-16-2/h11,13H,3-10H2,1-2H3. The average Bonchev–Trinajstić information content (AvgIpc) is 2.31. The van der Waals surface area contributed by atoms with Gasteiger partial charge in [0.2, 0.25) is 10.0 Å². The van der Waals surface area contributed by atoms with Gasteiger partial charge in [-0.1, -0.05) is 6.92 Å². The Kier molecular flexibility index (Phi) is 11.1. The molecule has 0 bridgehead atoms. The van der Waals surface area contributed by atoms with Gasteiger partial charge < -0.3 is 9.47 Å². The van der Waals surface area contributed by atoms with Crippen LogP contribution in [0.4, 0.5) is 0 Å². The van der Waals surface area contributed by atoms with Gasteiger partial charge in [0.1, 0.15) is 0 Å². The second-order valence-corrected chi connectivity index (χ2v) is 6.41. The smallest absolute Gasteiger partial charge is 0.211 e. The zero-order valence-electron chi connectivity index (χ0n) is 11.2. The number of ether oxygens (including phenoxy) is 2. The lowest BCUT2D eigenvalue weighted by Gasteiger charge is -2.10. The molecule has 110 valence electrons. The number of nitrogens with one attached hydrogen (secondary N) is 1. The molecule has 0 radical (unpaired) electrons. The third-order valence-electron chi connectivity index (χ3n) is 2.24. The molecular formula is C11H24ClNO4S. The van der Waals surface area contributed by atoms with Gasteiger partial charge in [-0.25, -0.2) is 13.1 Å². The van der Waals surface area contributed by atoms with Gasteiger partial charge in [0.15, 0.2) is 0 Å². The fourth-order valence-electron chi connectivity index (χ4n) is 1.28. The monoisotopic (exact) mass is 301 g/mol. The Balaban J connectivity index is 3.47. The lowest BCUT2D eigenvalue weighted by molar-refractivity contribution is 0.0689. The molecule has 0 heterocycles. The number of rotatable bonds is 12. The summed E-state index contributed by atoms with van der Waals surface area (Å²) < 4.78 is 35.8. The fourth-order valence-corrected chi connectivity index (χ4v) is 2.96. The van der Waals surface area contributed by atoms with Crippen LogP contribution < -0.4 is 4.72 Å². The molecule has 1 unspecified atom stereocenters. The Bertz CT molecular complexity index is 285. The summed E-state index contributed by atoms with van der Waals surface area (Å²) in [7, 11) is -1.56. The van der Waals surface area contributed by atoms with Gasteiger partial charge in [-0.2, -0.15) is 0 Å². The molecule has 1 N–H and O–H groups in total. The van der Waals surface area contributed by atoms with Crippen LogP contribution in [0, 0.1) is 5.92 Å². The predicted octanol–water partition coefficient (Wildman–Crippen LogP) is 1.22. The van der Waals surface area contributed by atoms with Gasteiger partial charge in [-0.3, -0.25) is 0 Å². The summed E-state index contributed by atoms with van der Waals surface area (Å²) in [4.78, 5) is 0. The Morgan fingerprint density at radius 1 is 1.22 bits per heavy atom. The molecule has 0 fully saturated rings. The van der Waals surface area contributed by atoms with Crippen molar-refractivity contribution < 1.29 is 17.9 Å². The molecule has 5 nitrogen and oxygen atoms in total. The molecule has 0 saturated carbocycles. The third-order valence-corrected chi connectivity index (χ3v) is 4.42. The highest BCUT2D eigenvalue weighted by atomic mass is 35.5. The summed E-state index contributed by atoms with van der Waals surface area (Å²) in [6.07, 6.45) is 1.60. The van der Waals surface area contributed by atoms with Crippen molar-refractivity contribution in [2.45, 2.75) is 19.8 Å². The van der Waals surface area contributed by atoms with E-state index < -0.39 is 10.0 Å². The topological polar surface area (TPSA) is 64.6 Å². The summed E-state index contributed by atoms with van der Waals surface area (Å²) >= 11 is 5.58. The summed E-state index contributed by atoms with van der Waals surface area (Å²) in [6, 6.07) is 0. The summed E-state index contributed by atoms with van der Waals surface area (Å²) in [5, 5.41) is 0. The van der Waals surface area contributed by atoms with Crippen LogP contribution in [0.1, 0.15) is 19.8 Å². The van der Waals surface area contributed by atoms with Crippen molar-refractivity contribution in [2.24, 2.45) is 5.92 Å². The highest BCUT2D eigenvalue weighted by Crippen LogP contribution is 2.02. The van der Waals surface area contributed by atoms with E-state index in [2.05, 4.69) is 4.72 Å². The first-order valence-corrected chi connectivity index (χ1v) is 8.30. The van der Waals surface area contributed by atoms with Crippen LogP contribution >= 0.6 is 11.6 Å². The number of halogens is 1. The number of alkyl halides is 1. The van der Waals surface area contributed by atoms with E-state index in [1.54, 1.807) is 7.11 Å². The minimum Gasteiger partial charge on any atom is -0.382 e. The van der Waals surface area contributed by atoms with E-state index in [-0.39, 0.29) is 11.7 Å². The van der Waals surface area contributed by atoms with Gasteiger partial charge in [0.05, 0.1) is 19.0 Å². The van der Waals surface area contributed by atoms with E-state index in [0.29, 0.717) is 32.2 Å². The minimum absolute atomic E-state index is 0.0263. The summed E-state index contributed by atoms with van der Waals surface area (Å²) in [6.45, 7) is 4.06. The van der Waals surface area contributed by atoms with E-state index >= 15 is 0 Å². The second kappa shape index (κ2) is 11.0. The molecule has 0 aliphatic heterocycles. The van der Waals surface area contributed by atoms with Gasteiger partial charge in [-0.05, 0) is 18.8 Å². The number of sulfonamides is 1. The molecule has 0 aromatic carbocycles. The minimum atomic E-state index is -3.19. The Morgan fingerprint density at radius 2 is 1.94 bits per heavy atom. The molecule has 0 rings (SSSR count). The summed E-state index contributed by atoms with van der Waals surface area (Å²) in [5.41, 5.74) is 0. The number of unbranched alkanes of at least 4 members (excludes halogenated alkanes) is 1. The quantitative estimate of drug-likeness (QED) is 0.435. The maximum absolute atomic E-state index is 11.6. The van der Waals surface area contributed by atoms with Crippen LogP contribution in [0.5, 0.6) is 0 Å². The SMILES string of the molecule is COCCOCCCCNS(=O)(=O)CC(C)CCl. The van der Waals surface area contributed by atoms with Crippen LogP contribution in [0.2, 0.25) is 0 Å². The second-order valence-electron chi connectivity index (χ2n) is 4.25. The van der Waals surface area contributed by atoms with Crippen molar-refractivity contribution in [3.8, 4) is 0 Å². The molecule has 0 aromatic rings. The Hall–Kier alpha value is 0.120. The molecule has 0 saturated heterocycles. The number of methoxy groups -OCH3 is 1. The first-order chi connectivity index (χ1) is 8.52. The maximum atomic E-state index is 11.6. The third kappa shape index (κ3) is 11.2. The van der Waals surface area contributed by atoms with Crippen LogP contribution in [0.25, 0.3) is 0 Å². The van der Waals surface area contributed by atoms with Crippen molar-refractivity contribution in [2.75, 3.05) is 45.1 Å². The first kappa shape index (κ1) is 18.1. The van der Waals surface area contributed by atoms with Crippen LogP contribution in [-0.2, 0) is 19.5 Å². The largest absolute Gasteiger partial charge is 0.382 e. The van der Waals surface area contributed by atoms with Crippen molar-refractivity contribution in [1.29, 1.82) is 0 Å². The molecule has 0 aliphatic carbocycles. The van der Waals surface area contributed by atoms with Crippen molar-refractivity contribution in [3.05, 3.63) is 0 Å². The molecule has 0 amide bonds. The zero-order chi connectivity index (χ0) is 13.9. The molecule has 7 heteroatoms. The van der Waals surface area contributed by atoms with E-state index in [9.17, 15) is 8.42 Å². The van der Waals surface area contributed by atoms with Crippen LogP contribution in [0.3, 0.4) is 0 Å². The number of hydrogen-bond donors (Lipinski definition) is 1. The van der Waals surface area contributed by atoms with Gasteiger partial charge in [-0.15, -0.1) is 11.6 Å². The highest BCUT2D eigenvalue weighted by molar-refractivity contribution is 7.89. The van der Waals surface area contributed by atoms with Gasteiger partial charge in [0.25, 0.3) is 0 Å². The lowest BCUT2D eigenvalue weighted by atomic mass is 10.3. The van der Waals surface area contributed by atoms with Crippen molar-refractivity contribution >= 4 is 21.6 Å². The van der Waals surface area contributed by atoms with E-state index in [0.717, 1.165) is 12.8 Å². The maximum Gasteiger partial charge on any atom is 0.211 e. The molecule has 18 heavy (non-hydrogen) atoms. The van der Waals surface area contributed by atoms with Gasteiger partial charge in [0, 0.05) is 26.1 Å². The van der Waals surface area contributed by atoms with Crippen molar-refractivity contribution in [3.63, 3.8) is 0 Å². The normalized spacial score (nSPS) is 13.7. The molecule has 1 atom stereocenters. The zero-order valence-corrected chi connectivity index (χ0v) is 12.7. The van der Waals surface area contributed by atoms with Crippen LogP contribution in [-0.4, -0.2) is 53.5 Å². The molecule has 0 aliphatic rings. The van der Waals surface area contributed by atoms with E-state index in [1.807, 2.05) is 6.92 Å². The molecule has 0 spiro atoms. The summed E-state index contributed by atoms with van der Waals surface area (Å²) in [5.74, 6) is 0.413. The predicted molar refractivity (Wildman–Crippen MR) is 73.6 cm³/mol. The molecule has 0 aromatic heterocycles. The van der Waals surface area contributed by atoms with E-state index in [1.165, 1.54) is 0 Å². The number of hydrogen-bond acceptors (Lipinski definition) is 4.